The Morgan fingerprint density at radius 1 is 1.19 bits per heavy atom. The molecule has 16 heteroatoms. The van der Waals surface area contributed by atoms with Crippen molar-refractivity contribution in [2.75, 3.05) is 50.4 Å². The second-order valence-electron chi connectivity index (χ2n) is 9.47. The highest BCUT2D eigenvalue weighted by Gasteiger charge is 2.33. The average molecular weight is 627 g/mol. The van der Waals surface area contributed by atoms with Crippen LogP contribution in [0.1, 0.15) is 55.7 Å². The molecular weight excluding hydrogens is 597 g/mol. The molecule has 1 aliphatic rings. The van der Waals surface area contributed by atoms with Gasteiger partial charge >= 0.3 is 6.18 Å². The number of anilines is 2. The summed E-state index contributed by atoms with van der Waals surface area (Å²) >= 11 is 6.63. The number of rotatable bonds is 11. The Morgan fingerprint density at radius 2 is 1.95 bits per heavy atom. The summed E-state index contributed by atoms with van der Waals surface area (Å²) in [5, 5.41) is 8.44. The molecule has 1 atom stereocenters. The first-order chi connectivity index (χ1) is 20.0. The number of hydrogen-bond acceptors (Lipinski definition) is 10. The van der Waals surface area contributed by atoms with Gasteiger partial charge in [0.15, 0.2) is 0 Å². The van der Waals surface area contributed by atoms with Crippen LogP contribution < -0.4 is 21.7 Å². The lowest BCUT2D eigenvalue weighted by molar-refractivity contribution is -0.137. The van der Waals surface area contributed by atoms with Crippen molar-refractivity contribution in [3.05, 3.63) is 62.5 Å². The third-order valence-electron chi connectivity index (χ3n) is 6.42. The van der Waals surface area contributed by atoms with E-state index < -0.39 is 34.6 Å². The fraction of sp³-hybridized carbons (Fsp3) is 0.423. The van der Waals surface area contributed by atoms with Gasteiger partial charge in [-0.3, -0.25) is 14.5 Å². The van der Waals surface area contributed by atoms with E-state index in [-0.39, 0.29) is 22.1 Å². The summed E-state index contributed by atoms with van der Waals surface area (Å²) in [7, 11) is 0. The van der Waals surface area contributed by atoms with Gasteiger partial charge in [0.2, 0.25) is 0 Å². The molecule has 4 rings (SSSR count). The van der Waals surface area contributed by atoms with E-state index >= 15 is 0 Å². The van der Waals surface area contributed by atoms with Crippen LogP contribution in [0.2, 0.25) is 5.02 Å². The van der Waals surface area contributed by atoms with Crippen molar-refractivity contribution in [2.45, 2.75) is 32.1 Å². The fourth-order valence-corrected chi connectivity index (χ4v) is 5.23. The van der Waals surface area contributed by atoms with E-state index in [1.54, 1.807) is 6.92 Å². The molecule has 5 N–H and O–H groups in total. The molecule has 0 bridgehead atoms. The van der Waals surface area contributed by atoms with E-state index in [9.17, 15) is 22.8 Å². The minimum absolute atomic E-state index is 0.0726. The van der Waals surface area contributed by atoms with Crippen LogP contribution >= 0.6 is 22.9 Å². The number of nitrogen functional groups attached to an aromatic ring is 1. The molecule has 1 saturated heterocycles. The third kappa shape index (κ3) is 8.35. The van der Waals surface area contributed by atoms with Gasteiger partial charge < -0.3 is 26.4 Å². The van der Waals surface area contributed by atoms with Crippen LogP contribution in [0, 0.1) is 0 Å². The van der Waals surface area contributed by atoms with Gasteiger partial charge in [-0.15, -0.1) is 11.3 Å². The fourth-order valence-electron chi connectivity index (χ4n) is 4.19. The minimum Gasteiger partial charge on any atom is -0.383 e. The summed E-state index contributed by atoms with van der Waals surface area (Å²) in [4.78, 5) is 40.6. The van der Waals surface area contributed by atoms with Crippen molar-refractivity contribution < 1.29 is 27.5 Å². The monoisotopic (exact) mass is 626 g/mol. The molecular formula is C26H30ClF3N8O3S. The van der Waals surface area contributed by atoms with Gasteiger partial charge in [0.1, 0.15) is 27.7 Å². The Hall–Kier alpha value is -3.37. The molecule has 3 heterocycles. The molecule has 2 aromatic heterocycles. The topological polar surface area (TPSA) is 147 Å². The Kier molecular flexibility index (Phi) is 10.7. The molecule has 0 spiro atoms. The average Bonchev–Trinajstić information content (AvgIpc) is 3.45. The Labute approximate surface area is 249 Å². The van der Waals surface area contributed by atoms with Crippen LogP contribution in [0.5, 0.6) is 0 Å². The number of nitrogens with one attached hydrogen (secondary N) is 3. The van der Waals surface area contributed by atoms with Gasteiger partial charge in [-0.05, 0) is 44.6 Å². The molecule has 0 radical (unpaired) electrons. The van der Waals surface area contributed by atoms with Crippen LogP contribution in [-0.2, 0) is 17.5 Å². The normalized spacial score (nSPS) is 14.9. The maximum absolute atomic E-state index is 13.1. The number of benzene rings is 1. The van der Waals surface area contributed by atoms with Crippen molar-refractivity contribution in [1.29, 1.82) is 0 Å². The SMILES string of the molecule is C[C@@H](NC(=O)c1ncnc(N)c1CNCCCN1CCOCC1)c1ncc(C(=O)Nc2ccc(Cl)c(C(F)(F)F)c2)s1. The summed E-state index contributed by atoms with van der Waals surface area (Å²) < 4.78 is 44.8. The maximum atomic E-state index is 13.1. The number of carbonyl (C=O) groups excluding carboxylic acids is 2. The highest BCUT2D eigenvalue weighted by Crippen LogP contribution is 2.36. The summed E-state index contributed by atoms with van der Waals surface area (Å²) in [6, 6.07) is 2.48. The van der Waals surface area contributed by atoms with Gasteiger partial charge in [0.25, 0.3) is 11.8 Å². The number of ether oxygens (including phenoxy) is 1. The standard InChI is InChI=1S/C26H30ClF3N8O3S/c1-15(25-33-13-20(42-25)23(39)37-16-3-4-19(27)18(11-16)26(28,29)30)36-24(40)21-17(22(31)35-14-34-21)12-32-5-2-6-38-7-9-41-10-8-38/h3-4,11,13-15,32H,2,5-10,12H2,1H3,(H,36,40)(H,37,39)(H2,31,34,35)/t15-/m1/s1. The van der Waals surface area contributed by atoms with Crippen LogP contribution in [0.25, 0.3) is 0 Å². The lowest BCUT2D eigenvalue weighted by Crippen LogP contribution is -2.37. The first kappa shape index (κ1) is 31.6. The highest BCUT2D eigenvalue weighted by atomic mass is 35.5. The van der Waals surface area contributed by atoms with Gasteiger partial charge in [0, 0.05) is 30.9 Å². The van der Waals surface area contributed by atoms with E-state index in [0.717, 1.165) is 62.7 Å². The first-order valence-electron chi connectivity index (χ1n) is 13.1. The predicted molar refractivity (Wildman–Crippen MR) is 152 cm³/mol. The third-order valence-corrected chi connectivity index (χ3v) is 7.93. The number of nitrogens with two attached hydrogens (primary N) is 1. The molecule has 2 amide bonds. The van der Waals surface area contributed by atoms with Crippen LogP contribution in [-0.4, -0.2) is 71.1 Å². The van der Waals surface area contributed by atoms with E-state index in [0.29, 0.717) is 23.7 Å². The van der Waals surface area contributed by atoms with E-state index in [1.165, 1.54) is 18.6 Å². The van der Waals surface area contributed by atoms with Gasteiger partial charge in [-0.25, -0.2) is 15.0 Å². The number of alkyl halides is 3. The van der Waals surface area contributed by atoms with Crippen molar-refractivity contribution in [3.8, 4) is 0 Å². The second-order valence-corrected chi connectivity index (χ2v) is 10.9. The van der Waals surface area contributed by atoms with Crippen LogP contribution in [0.15, 0.2) is 30.7 Å². The number of thiazole rings is 1. The zero-order valence-electron chi connectivity index (χ0n) is 22.6. The van der Waals surface area contributed by atoms with Crippen LogP contribution in [0.4, 0.5) is 24.7 Å². The van der Waals surface area contributed by atoms with Gasteiger partial charge in [-0.1, -0.05) is 11.6 Å². The lowest BCUT2D eigenvalue weighted by Gasteiger charge is -2.26. The Bertz CT molecular complexity index is 1400. The van der Waals surface area contributed by atoms with Gasteiger partial charge in [0.05, 0.1) is 36.0 Å². The molecule has 0 unspecified atom stereocenters. The van der Waals surface area contributed by atoms with Crippen molar-refractivity contribution in [3.63, 3.8) is 0 Å². The Morgan fingerprint density at radius 3 is 2.69 bits per heavy atom. The highest BCUT2D eigenvalue weighted by molar-refractivity contribution is 7.13. The molecule has 226 valence electrons. The molecule has 11 nitrogen and oxygen atoms in total. The van der Waals surface area contributed by atoms with E-state index in [1.807, 2.05) is 0 Å². The summed E-state index contributed by atoms with van der Waals surface area (Å²) in [5.74, 6) is -0.963. The quantitative estimate of drug-likeness (QED) is 0.234. The molecule has 0 saturated carbocycles. The minimum atomic E-state index is -4.67. The predicted octanol–water partition coefficient (Wildman–Crippen LogP) is 3.74. The summed E-state index contributed by atoms with van der Waals surface area (Å²) in [6.07, 6.45) is -1.26. The molecule has 3 aromatic rings. The summed E-state index contributed by atoms with van der Waals surface area (Å²) in [6.45, 7) is 6.94. The van der Waals surface area contributed by atoms with Crippen molar-refractivity contribution in [2.24, 2.45) is 0 Å². The largest absolute Gasteiger partial charge is 0.417 e. The molecule has 1 aliphatic heterocycles. The second kappa shape index (κ2) is 14.2. The maximum Gasteiger partial charge on any atom is 0.417 e. The van der Waals surface area contributed by atoms with E-state index in [4.69, 9.17) is 22.1 Å². The smallest absolute Gasteiger partial charge is 0.383 e. The molecule has 42 heavy (non-hydrogen) atoms. The lowest BCUT2D eigenvalue weighted by atomic mass is 10.1. The number of carbonyl (C=O) groups is 2. The molecule has 1 aromatic carbocycles. The van der Waals surface area contributed by atoms with Crippen LogP contribution in [0.3, 0.4) is 0 Å². The number of nitrogens with zero attached hydrogens (tertiary/aromatic N) is 4. The van der Waals surface area contributed by atoms with Crippen molar-refractivity contribution >= 4 is 46.3 Å². The molecule has 1 fully saturated rings. The number of morpholine rings is 1. The van der Waals surface area contributed by atoms with Crippen molar-refractivity contribution in [1.82, 2.24) is 30.5 Å². The zero-order chi connectivity index (χ0) is 30.3. The number of amides is 2. The zero-order valence-corrected chi connectivity index (χ0v) is 24.2. The van der Waals surface area contributed by atoms with E-state index in [2.05, 4.69) is 35.8 Å². The number of aromatic nitrogens is 3. The number of halogens is 4. The Balaban J connectivity index is 1.33. The summed E-state index contributed by atoms with van der Waals surface area (Å²) in [5.41, 5.74) is 5.51. The first-order valence-corrected chi connectivity index (χ1v) is 14.3. The van der Waals surface area contributed by atoms with Gasteiger partial charge in [-0.2, -0.15) is 13.2 Å². The number of hydrogen-bond donors (Lipinski definition) is 4. The molecule has 0 aliphatic carbocycles.